The van der Waals surface area contributed by atoms with Gasteiger partial charge >= 0.3 is 5.69 Å². The lowest BCUT2D eigenvalue weighted by Gasteiger charge is -2.14. The van der Waals surface area contributed by atoms with Gasteiger partial charge in [-0.2, -0.15) is 0 Å². The molecule has 0 bridgehead atoms. The molecule has 0 saturated heterocycles. The molecule has 1 N–H and O–H groups in total. The number of hydrogen-bond acceptors (Lipinski definition) is 6. The lowest BCUT2D eigenvalue weighted by atomic mass is 10.2. The van der Waals surface area contributed by atoms with E-state index in [1.165, 1.54) is 18.4 Å². The van der Waals surface area contributed by atoms with E-state index in [1.54, 1.807) is 18.2 Å². The predicted molar refractivity (Wildman–Crippen MR) is 78.5 cm³/mol. The SMILES string of the molecule is COc1cccc(NC(C)c2nc(C)cs2)c1[N+](=O)[O-]. The van der Waals surface area contributed by atoms with Crippen molar-refractivity contribution >= 4 is 22.7 Å². The number of methoxy groups -OCH3 is 1. The Bertz CT molecular complexity index is 627. The molecule has 0 fully saturated rings. The molecule has 1 heterocycles. The lowest BCUT2D eigenvalue weighted by Crippen LogP contribution is -2.08. The van der Waals surface area contributed by atoms with Crippen molar-refractivity contribution < 1.29 is 9.66 Å². The maximum atomic E-state index is 11.2. The number of nitrogens with one attached hydrogen (secondary N) is 1. The number of aryl methyl sites for hydroxylation is 1. The molecule has 1 unspecified atom stereocenters. The molecule has 20 heavy (non-hydrogen) atoms. The summed E-state index contributed by atoms with van der Waals surface area (Å²) < 4.78 is 5.04. The quantitative estimate of drug-likeness (QED) is 0.674. The summed E-state index contributed by atoms with van der Waals surface area (Å²) in [7, 11) is 1.42. The van der Waals surface area contributed by atoms with E-state index in [0.29, 0.717) is 5.69 Å². The average molecular weight is 293 g/mol. The fraction of sp³-hybridized carbons (Fsp3) is 0.308. The second kappa shape index (κ2) is 5.87. The number of nitro benzene ring substituents is 1. The first kappa shape index (κ1) is 14.3. The lowest BCUT2D eigenvalue weighted by molar-refractivity contribution is -0.384. The summed E-state index contributed by atoms with van der Waals surface area (Å²) in [6.07, 6.45) is 0. The number of hydrogen-bond donors (Lipinski definition) is 1. The van der Waals surface area contributed by atoms with Crippen molar-refractivity contribution in [2.45, 2.75) is 19.9 Å². The normalized spacial score (nSPS) is 11.9. The molecule has 2 rings (SSSR count). The van der Waals surface area contributed by atoms with Crippen LogP contribution in [0, 0.1) is 17.0 Å². The van der Waals surface area contributed by atoms with Crippen LogP contribution in [0.4, 0.5) is 11.4 Å². The van der Waals surface area contributed by atoms with Crippen molar-refractivity contribution in [3.05, 3.63) is 44.4 Å². The number of anilines is 1. The van der Waals surface area contributed by atoms with Crippen LogP contribution in [0.1, 0.15) is 23.7 Å². The van der Waals surface area contributed by atoms with Crippen LogP contribution in [0.3, 0.4) is 0 Å². The van der Waals surface area contributed by atoms with Crippen molar-refractivity contribution in [2.24, 2.45) is 0 Å². The van der Waals surface area contributed by atoms with E-state index in [9.17, 15) is 10.1 Å². The van der Waals surface area contributed by atoms with Crippen LogP contribution in [0.2, 0.25) is 0 Å². The van der Waals surface area contributed by atoms with Gasteiger partial charge in [0.1, 0.15) is 10.7 Å². The van der Waals surface area contributed by atoms with E-state index >= 15 is 0 Å². The largest absolute Gasteiger partial charge is 0.490 e. The van der Waals surface area contributed by atoms with E-state index in [2.05, 4.69) is 10.3 Å². The second-order valence-electron chi connectivity index (χ2n) is 4.31. The summed E-state index contributed by atoms with van der Waals surface area (Å²) in [5.41, 5.74) is 1.31. The highest BCUT2D eigenvalue weighted by atomic mass is 32.1. The van der Waals surface area contributed by atoms with Gasteiger partial charge in [-0.3, -0.25) is 10.1 Å². The highest BCUT2D eigenvalue weighted by Gasteiger charge is 2.22. The van der Waals surface area contributed by atoms with Gasteiger partial charge in [0.25, 0.3) is 0 Å². The fourth-order valence-electron chi connectivity index (χ4n) is 1.86. The smallest absolute Gasteiger partial charge is 0.333 e. The number of para-hydroxylation sites is 1. The van der Waals surface area contributed by atoms with Crippen molar-refractivity contribution in [2.75, 3.05) is 12.4 Å². The Morgan fingerprint density at radius 2 is 2.25 bits per heavy atom. The van der Waals surface area contributed by atoms with E-state index in [4.69, 9.17) is 4.74 Å². The van der Waals surface area contributed by atoms with E-state index < -0.39 is 4.92 Å². The Hall–Kier alpha value is -2.15. The first-order valence-corrected chi connectivity index (χ1v) is 6.91. The van der Waals surface area contributed by atoms with Crippen molar-refractivity contribution in [3.8, 4) is 5.75 Å². The van der Waals surface area contributed by atoms with Gasteiger partial charge in [0.05, 0.1) is 18.1 Å². The van der Waals surface area contributed by atoms with Gasteiger partial charge in [-0.1, -0.05) is 6.07 Å². The number of rotatable bonds is 5. The third-order valence-corrected chi connectivity index (χ3v) is 3.93. The molecule has 0 amide bonds. The number of benzene rings is 1. The Morgan fingerprint density at radius 3 is 2.80 bits per heavy atom. The molecule has 0 spiro atoms. The molecule has 7 heteroatoms. The van der Waals surface area contributed by atoms with E-state index in [1.807, 2.05) is 19.2 Å². The van der Waals surface area contributed by atoms with Gasteiger partial charge in [-0.15, -0.1) is 11.3 Å². The molecule has 2 aromatic rings. The minimum atomic E-state index is -0.443. The molecular formula is C13H15N3O3S. The Kier molecular flexibility index (Phi) is 4.19. The summed E-state index contributed by atoms with van der Waals surface area (Å²) in [6, 6.07) is 4.84. The van der Waals surface area contributed by atoms with Crippen molar-refractivity contribution in [1.82, 2.24) is 4.98 Å². The van der Waals surface area contributed by atoms with Crippen LogP contribution in [-0.2, 0) is 0 Å². The summed E-state index contributed by atoms with van der Waals surface area (Å²) >= 11 is 1.53. The maximum Gasteiger partial charge on any atom is 0.333 e. The molecular weight excluding hydrogens is 278 g/mol. The van der Waals surface area contributed by atoms with Gasteiger partial charge in [-0.25, -0.2) is 4.98 Å². The summed E-state index contributed by atoms with van der Waals surface area (Å²) in [5.74, 6) is 0.238. The molecule has 106 valence electrons. The summed E-state index contributed by atoms with van der Waals surface area (Å²) in [5, 5.41) is 17.2. The molecule has 1 aromatic heterocycles. The molecule has 0 radical (unpaired) electrons. The Morgan fingerprint density at radius 1 is 1.50 bits per heavy atom. The van der Waals surface area contributed by atoms with Gasteiger partial charge < -0.3 is 10.1 Å². The number of thiazole rings is 1. The standard InChI is InChI=1S/C13H15N3O3S/c1-8-7-20-13(14-8)9(2)15-10-5-4-6-11(19-3)12(10)16(17)18/h4-7,9,15H,1-3H3. The number of nitrogens with zero attached hydrogens (tertiary/aromatic N) is 2. The minimum Gasteiger partial charge on any atom is -0.490 e. The van der Waals surface area contributed by atoms with Crippen LogP contribution in [0.25, 0.3) is 0 Å². The molecule has 1 atom stereocenters. The molecule has 0 aliphatic heterocycles. The number of nitro groups is 1. The molecule has 0 aliphatic carbocycles. The van der Waals surface area contributed by atoms with Gasteiger partial charge in [-0.05, 0) is 26.0 Å². The van der Waals surface area contributed by atoms with Crippen LogP contribution in [0.15, 0.2) is 23.6 Å². The fourth-order valence-corrected chi connectivity index (χ4v) is 2.66. The first-order chi connectivity index (χ1) is 9.52. The van der Waals surface area contributed by atoms with Gasteiger partial charge in [0, 0.05) is 11.1 Å². The zero-order valence-corrected chi connectivity index (χ0v) is 12.2. The van der Waals surface area contributed by atoms with E-state index in [0.717, 1.165) is 10.7 Å². The molecule has 6 nitrogen and oxygen atoms in total. The molecule has 0 saturated carbocycles. The van der Waals surface area contributed by atoms with E-state index in [-0.39, 0.29) is 17.5 Å². The maximum absolute atomic E-state index is 11.2. The van der Waals surface area contributed by atoms with Crippen molar-refractivity contribution in [1.29, 1.82) is 0 Å². The topological polar surface area (TPSA) is 77.3 Å². The van der Waals surface area contributed by atoms with Gasteiger partial charge in [0.2, 0.25) is 0 Å². The summed E-state index contributed by atoms with van der Waals surface area (Å²) in [6.45, 7) is 3.84. The van der Waals surface area contributed by atoms with Crippen LogP contribution < -0.4 is 10.1 Å². The molecule has 0 aliphatic rings. The average Bonchev–Trinajstić information content (AvgIpc) is 2.84. The summed E-state index contributed by atoms with van der Waals surface area (Å²) in [4.78, 5) is 15.1. The van der Waals surface area contributed by atoms with Crippen molar-refractivity contribution in [3.63, 3.8) is 0 Å². The Balaban J connectivity index is 2.31. The predicted octanol–water partition coefficient (Wildman–Crippen LogP) is 3.54. The highest BCUT2D eigenvalue weighted by Crippen LogP contribution is 2.36. The van der Waals surface area contributed by atoms with Crippen LogP contribution in [-0.4, -0.2) is 17.0 Å². The van der Waals surface area contributed by atoms with Gasteiger partial charge in [0.15, 0.2) is 5.75 Å². The third-order valence-electron chi connectivity index (χ3n) is 2.78. The second-order valence-corrected chi connectivity index (χ2v) is 5.20. The highest BCUT2D eigenvalue weighted by molar-refractivity contribution is 7.09. The zero-order chi connectivity index (χ0) is 14.7. The van der Waals surface area contributed by atoms with Crippen LogP contribution >= 0.6 is 11.3 Å². The molecule has 1 aromatic carbocycles. The first-order valence-electron chi connectivity index (χ1n) is 6.03. The Labute approximate surface area is 120 Å². The third kappa shape index (κ3) is 2.88. The monoisotopic (exact) mass is 293 g/mol. The zero-order valence-electron chi connectivity index (χ0n) is 11.4. The van der Waals surface area contributed by atoms with Crippen LogP contribution in [0.5, 0.6) is 5.75 Å². The number of ether oxygens (including phenoxy) is 1. The minimum absolute atomic E-state index is 0.0601. The number of aromatic nitrogens is 1.